The molecule has 0 amide bonds. The van der Waals surface area contributed by atoms with Crippen molar-refractivity contribution < 1.29 is 22.3 Å². The second-order valence-electron chi connectivity index (χ2n) is 3.45. The predicted molar refractivity (Wildman–Crippen MR) is 63.9 cm³/mol. The van der Waals surface area contributed by atoms with Gasteiger partial charge in [-0.1, -0.05) is 0 Å². The fraction of sp³-hybridized carbons (Fsp3) is 0.400. The average Bonchev–Trinajstić information content (AvgIpc) is 2.23. The quantitative estimate of drug-likeness (QED) is 0.495. The molecule has 1 aromatic rings. The van der Waals surface area contributed by atoms with Gasteiger partial charge in [0.15, 0.2) is 0 Å². The molecule has 18 heavy (non-hydrogen) atoms. The molecule has 0 aliphatic heterocycles. The van der Waals surface area contributed by atoms with Gasteiger partial charge in [0.1, 0.15) is 12.4 Å². The third-order valence-corrected chi connectivity index (χ3v) is 2.53. The molecule has 3 nitrogen and oxygen atoms in total. The second kappa shape index (κ2) is 6.24. The number of ether oxygens (including phenoxy) is 1. The number of hydrogen-bond donors (Lipinski definition) is 2. The summed E-state index contributed by atoms with van der Waals surface area (Å²) in [6, 6.07) is 2.53. The molecule has 1 rings (SSSR count). The zero-order chi connectivity index (χ0) is 13.8. The zero-order valence-corrected chi connectivity index (χ0v) is 10.7. The highest BCUT2D eigenvalue weighted by Crippen LogP contribution is 2.26. The van der Waals surface area contributed by atoms with E-state index in [9.17, 15) is 17.6 Å². The van der Waals surface area contributed by atoms with E-state index in [4.69, 9.17) is 5.73 Å². The lowest BCUT2D eigenvalue weighted by molar-refractivity contribution is -0.172. The molecule has 0 saturated heterocycles. The fourth-order valence-electron chi connectivity index (χ4n) is 1.16. The second-order valence-corrected chi connectivity index (χ2v) is 4.30. The number of anilines is 2. The summed E-state index contributed by atoms with van der Waals surface area (Å²) >= 11 is 2.96. The monoisotopic (exact) mass is 330 g/mol. The first-order chi connectivity index (χ1) is 8.29. The zero-order valence-electron chi connectivity index (χ0n) is 9.15. The van der Waals surface area contributed by atoms with Crippen molar-refractivity contribution in [1.29, 1.82) is 0 Å². The molecule has 0 bridgehead atoms. The summed E-state index contributed by atoms with van der Waals surface area (Å²) in [6.45, 7) is -1.36. The van der Waals surface area contributed by atoms with Crippen molar-refractivity contribution in [3.05, 3.63) is 22.4 Å². The van der Waals surface area contributed by atoms with E-state index in [0.717, 1.165) is 6.07 Å². The standard InChI is InChI=1S/C10H11BrF4N2O/c11-6-3-8(16)9(4-7(6)12)17-1-2-18-5-10(13,14)15/h3-4,17H,1-2,5,16H2. The van der Waals surface area contributed by atoms with Crippen LogP contribution in [0.25, 0.3) is 0 Å². The highest BCUT2D eigenvalue weighted by atomic mass is 79.9. The molecular formula is C10H11BrF4N2O. The van der Waals surface area contributed by atoms with Crippen molar-refractivity contribution in [3.63, 3.8) is 0 Å². The highest BCUT2D eigenvalue weighted by Gasteiger charge is 2.27. The van der Waals surface area contributed by atoms with Crippen LogP contribution in [0.4, 0.5) is 28.9 Å². The number of nitrogen functional groups attached to an aromatic ring is 1. The third kappa shape index (κ3) is 5.09. The van der Waals surface area contributed by atoms with Crippen LogP contribution in [0, 0.1) is 5.82 Å². The van der Waals surface area contributed by atoms with Gasteiger partial charge in [-0.05, 0) is 22.0 Å². The summed E-state index contributed by atoms with van der Waals surface area (Å²) in [5.74, 6) is -0.511. The van der Waals surface area contributed by atoms with Crippen molar-refractivity contribution in [3.8, 4) is 0 Å². The van der Waals surface area contributed by atoms with E-state index in [2.05, 4.69) is 26.0 Å². The summed E-state index contributed by atoms with van der Waals surface area (Å²) in [4.78, 5) is 0. The van der Waals surface area contributed by atoms with Gasteiger partial charge in [0.2, 0.25) is 0 Å². The highest BCUT2D eigenvalue weighted by molar-refractivity contribution is 9.10. The van der Waals surface area contributed by atoms with Gasteiger partial charge in [0.25, 0.3) is 0 Å². The van der Waals surface area contributed by atoms with E-state index in [0.29, 0.717) is 11.4 Å². The molecule has 0 aliphatic carbocycles. The van der Waals surface area contributed by atoms with Crippen LogP contribution in [0.3, 0.4) is 0 Å². The number of hydrogen-bond acceptors (Lipinski definition) is 3. The molecule has 0 unspecified atom stereocenters. The summed E-state index contributed by atoms with van der Waals surface area (Å²) in [7, 11) is 0. The molecule has 0 radical (unpaired) electrons. The molecular weight excluding hydrogens is 320 g/mol. The summed E-state index contributed by atoms with van der Waals surface area (Å²) in [5.41, 5.74) is 6.20. The van der Waals surface area contributed by atoms with Gasteiger partial charge in [0, 0.05) is 12.6 Å². The van der Waals surface area contributed by atoms with E-state index in [1.54, 1.807) is 0 Å². The molecule has 3 N–H and O–H groups in total. The molecule has 0 heterocycles. The van der Waals surface area contributed by atoms with Crippen molar-refractivity contribution >= 4 is 27.3 Å². The first-order valence-corrected chi connectivity index (χ1v) is 5.72. The van der Waals surface area contributed by atoms with Crippen LogP contribution in [0.15, 0.2) is 16.6 Å². The van der Waals surface area contributed by atoms with E-state index in [-0.39, 0.29) is 17.6 Å². The minimum absolute atomic E-state index is 0.0986. The molecule has 0 saturated carbocycles. The van der Waals surface area contributed by atoms with Gasteiger partial charge in [0.05, 0.1) is 22.5 Å². The summed E-state index contributed by atoms with van der Waals surface area (Å²) in [6.07, 6.45) is -4.34. The number of rotatable bonds is 5. The minimum Gasteiger partial charge on any atom is -0.397 e. The smallest absolute Gasteiger partial charge is 0.397 e. The SMILES string of the molecule is Nc1cc(Br)c(F)cc1NCCOCC(F)(F)F. The topological polar surface area (TPSA) is 47.3 Å². The Hall–Kier alpha value is -1.02. The van der Waals surface area contributed by atoms with Crippen LogP contribution < -0.4 is 11.1 Å². The van der Waals surface area contributed by atoms with E-state index in [1.807, 2.05) is 0 Å². The van der Waals surface area contributed by atoms with E-state index >= 15 is 0 Å². The molecule has 0 aliphatic rings. The number of benzene rings is 1. The van der Waals surface area contributed by atoms with Gasteiger partial charge < -0.3 is 15.8 Å². The Kier molecular flexibility index (Phi) is 5.21. The van der Waals surface area contributed by atoms with E-state index in [1.165, 1.54) is 6.07 Å². The Bertz CT molecular complexity index is 412. The first kappa shape index (κ1) is 15.0. The average molecular weight is 331 g/mol. The minimum atomic E-state index is -4.34. The number of halogens is 5. The molecule has 0 fully saturated rings. The Morgan fingerprint density at radius 3 is 2.61 bits per heavy atom. The van der Waals surface area contributed by atoms with Crippen LogP contribution in [-0.4, -0.2) is 25.9 Å². The van der Waals surface area contributed by atoms with Gasteiger partial charge in [-0.15, -0.1) is 0 Å². The third-order valence-electron chi connectivity index (χ3n) is 1.92. The van der Waals surface area contributed by atoms with Crippen molar-refractivity contribution in [1.82, 2.24) is 0 Å². The first-order valence-electron chi connectivity index (χ1n) is 4.92. The van der Waals surface area contributed by atoms with Crippen LogP contribution in [0.2, 0.25) is 0 Å². The van der Waals surface area contributed by atoms with Crippen LogP contribution in [0.5, 0.6) is 0 Å². The Labute approximate surface area is 109 Å². The number of alkyl halides is 3. The van der Waals surface area contributed by atoms with Gasteiger partial charge in [-0.2, -0.15) is 13.2 Å². The lowest BCUT2D eigenvalue weighted by atomic mass is 10.2. The normalized spacial score (nSPS) is 11.6. The Morgan fingerprint density at radius 1 is 1.33 bits per heavy atom. The summed E-state index contributed by atoms with van der Waals surface area (Å²) < 4.78 is 53.0. The molecule has 0 atom stereocenters. The maximum atomic E-state index is 13.2. The van der Waals surface area contributed by atoms with Crippen molar-refractivity contribution in [2.75, 3.05) is 30.8 Å². The van der Waals surface area contributed by atoms with Gasteiger partial charge >= 0.3 is 6.18 Å². The van der Waals surface area contributed by atoms with Crippen LogP contribution in [0.1, 0.15) is 0 Å². The molecule has 1 aromatic carbocycles. The largest absolute Gasteiger partial charge is 0.411 e. The van der Waals surface area contributed by atoms with Crippen LogP contribution in [-0.2, 0) is 4.74 Å². The number of nitrogens with two attached hydrogens (primary N) is 1. The predicted octanol–water partition coefficient (Wildman–Crippen LogP) is 3.16. The Balaban J connectivity index is 2.38. The molecule has 0 spiro atoms. The maximum absolute atomic E-state index is 13.2. The van der Waals surface area contributed by atoms with Crippen molar-refractivity contribution in [2.24, 2.45) is 0 Å². The lowest BCUT2D eigenvalue weighted by Crippen LogP contribution is -2.20. The molecule has 0 aromatic heterocycles. The maximum Gasteiger partial charge on any atom is 0.411 e. The van der Waals surface area contributed by atoms with Crippen LogP contribution >= 0.6 is 15.9 Å². The fourth-order valence-corrected chi connectivity index (χ4v) is 1.52. The summed E-state index contributed by atoms with van der Waals surface area (Å²) in [5, 5.41) is 2.69. The van der Waals surface area contributed by atoms with Gasteiger partial charge in [-0.25, -0.2) is 4.39 Å². The van der Waals surface area contributed by atoms with E-state index < -0.39 is 18.6 Å². The lowest BCUT2D eigenvalue weighted by Gasteiger charge is -2.11. The van der Waals surface area contributed by atoms with Crippen molar-refractivity contribution in [2.45, 2.75) is 6.18 Å². The van der Waals surface area contributed by atoms with Gasteiger partial charge in [-0.3, -0.25) is 0 Å². The Morgan fingerprint density at radius 2 is 2.00 bits per heavy atom. The molecule has 102 valence electrons. The molecule has 8 heteroatoms. The number of nitrogens with one attached hydrogen (secondary N) is 1.